The second-order valence-corrected chi connectivity index (χ2v) is 6.79. The van der Waals surface area contributed by atoms with E-state index < -0.39 is 11.4 Å². The van der Waals surface area contributed by atoms with Gasteiger partial charge in [-0.25, -0.2) is 0 Å². The van der Waals surface area contributed by atoms with Gasteiger partial charge in [-0.2, -0.15) is 0 Å². The molecule has 0 saturated heterocycles. The Kier molecular flexibility index (Phi) is 11.4. The molecule has 0 amide bonds. The summed E-state index contributed by atoms with van der Waals surface area (Å²) in [5, 5.41) is 0. The topological polar surface area (TPSA) is 27.7 Å². The molecule has 0 fully saturated rings. The maximum Gasteiger partial charge on any atom is 0.304 e. The molecule has 0 heterocycles. The van der Waals surface area contributed by atoms with Crippen molar-refractivity contribution in [3.63, 3.8) is 0 Å². The average Bonchev–Trinajstić information content (AvgIpc) is 2.69. The molecule has 0 aliphatic carbocycles. The Morgan fingerprint density at radius 3 is 1.78 bits per heavy atom. The van der Waals surface area contributed by atoms with Gasteiger partial charge in [0.15, 0.2) is 0 Å². The lowest BCUT2D eigenvalue weighted by molar-refractivity contribution is -0.402. The van der Waals surface area contributed by atoms with Gasteiger partial charge in [0, 0.05) is 19.8 Å². The highest BCUT2D eigenvalue weighted by atomic mass is 16.9. The molecule has 152 valence electrons. The molecular weight excluding hydrogens is 336 g/mol. The van der Waals surface area contributed by atoms with Crippen LogP contribution in [0.15, 0.2) is 30.3 Å². The Morgan fingerprint density at radius 2 is 1.30 bits per heavy atom. The zero-order valence-corrected chi connectivity index (χ0v) is 17.8. The normalized spacial score (nSPS) is 13.9. The number of terminal acetylenes is 1. The van der Waals surface area contributed by atoms with Crippen molar-refractivity contribution in [1.29, 1.82) is 0 Å². The third-order valence-electron chi connectivity index (χ3n) is 4.94. The van der Waals surface area contributed by atoms with Gasteiger partial charge in [-0.1, -0.05) is 81.7 Å². The maximum atomic E-state index is 6.19. The molecule has 1 unspecified atom stereocenters. The van der Waals surface area contributed by atoms with E-state index in [0.717, 1.165) is 24.8 Å². The Morgan fingerprint density at radius 1 is 0.778 bits per heavy atom. The second-order valence-electron chi connectivity index (χ2n) is 6.79. The van der Waals surface area contributed by atoms with Crippen LogP contribution in [-0.2, 0) is 19.6 Å². The van der Waals surface area contributed by atoms with Crippen molar-refractivity contribution in [2.75, 3.05) is 19.8 Å². The van der Waals surface area contributed by atoms with Crippen LogP contribution in [0.1, 0.15) is 78.2 Å². The number of hydrogen-bond acceptors (Lipinski definition) is 3. The van der Waals surface area contributed by atoms with Crippen LogP contribution >= 0.6 is 0 Å². The summed E-state index contributed by atoms with van der Waals surface area (Å²) in [6.07, 6.45) is 14.2. The van der Waals surface area contributed by atoms with Crippen LogP contribution in [0.2, 0.25) is 0 Å². The van der Waals surface area contributed by atoms with E-state index >= 15 is 0 Å². The van der Waals surface area contributed by atoms with Gasteiger partial charge in [-0.3, -0.25) is 0 Å². The fraction of sp³-hybridized carbons (Fsp3) is 0.667. The van der Waals surface area contributed by atoms with Gasteiger partial charge in [0.2, 0.25) is 0 Å². The van der Waals surface area contributed by atoms with E-state index in [1.54, 1.807) is 0 Å². The lowest BCUT2D eigenvalue weighted by atomic mass is 9.74. The Balaban J connectivity index is 3.22. The summed E-state index contributed by atoms with van der Waals surface area (Å²) in [4.78, 5) is 0. The van der Waals surface area contributed by atoms with E-state index in [9.17, 15) is 0 Å². The van der Waals surface area contributed by atoms with Crippen LogP contribution < -0.4 is 0 Å². The number of rotatable bonds is 15. The molecule has 3 nitrogen and oxygen atoms in total. The summed E-state index contributed by atoms with van der Waals surface area (Å²) < 4.78 is 18.4. The van der Waals surface area contributed by atoms with E-state index in [4.69, 9.17) is 20.6 Å². The summed E-state index contributed by atoms with van der Waals surface area (Å²) in [7, 11) is 0. The first kappa shape index (κ1) is 23.7. The Labute approximate surface area is 166 Å². The number of ether oxygens (including phenoxy) is 3. The lowest BCUT2D eigenvalue weighted by Gasteiger charge is -2.46. The highest BCUT2D eigenvalue weighted by Crippen LogP contribution is 2.44. The molecule has 1 aromatic carbocycles. The van der Waals surface area contributed by atoms with E-state index in [1.807, 2.05) is 39.0 Å². The molecule has 0 spiro atoms. The van der Waals surface area contributed by atoms with Crippen molar-refractivity contribution in [2.45, 2.75) is 84.0 Å². The molecule has 0 aliphatic heterocycles. The SMILES string of the molecule is C#CC(CCCCCCCC)(c1ccccc1)C(OCC)(OCC)OCC. The van der Waals surface area contributed by atoms with Gasteiger partial charge in [0.05, 0.1) is 0 Å². The molecule has 0 bridgehead atoms. The van der Waals surface area contributed by atoms with Crippen LogP contribution in [0, 0.1) is 12.3 Å². The van der Waals surface area contributed by atoms with Gasteiger partial charge in [0.1, 0.15) is 5.41 Å². The molecule has 0 radical (unpaired) electrons. The van der Waals surface area contributed by atoms with Crippen LogP contribution in [-0.4, -0.2) is 25.8 Å². The standard InChI is InChI=1S/C24H38O3/c1-6-11-12-13-14-18-21-23(7-2,22-19-16-15-17-20-22)24(25-8-3,26-9-4)27-10-5/h2,15-17,19-20H,6,8-14,18,21H2,1,3-5H3. The second kappa shape index (κ2) is 12.9. The summed E-state index contributed by atoms with van der Waals surface area (Å²) in [5.74, 6) is 1.78. The van der Waals surface area contributed by atoms with Gasteiger partial charge in [0.25, 0.3) is 0 Å². The van der Waals surface area contributed by atoms with Crippen LogP contribution in [0.5, 0.6) is 0 Å². The van der Waals surface area contributed by atoms with E-state index in [-0.39, 0.29) is 0 Å². The largest absolute Gasteiger partial charge is 0.326 e. The summed E-state index contributed by atoms with van der Waals surface area (Å²) >= 11 is 0. The molecule has 1 atom stereocenters. The summed E-state index contributed by atoms with van der Waals surface area (Å²) in [6.45, 7) is 9.48. The monoisotopic (exact) mass is 374 g/mol. The van der Waals surface area contributed by atoms with Gasteiger partial charge >= 0.3 is 5.97 Å². The molecule has 0 aliphatic rings. The van der Waals surface area contributed by atoms with Crippen molar-refractivity contribution in [1.82, 2.24) is 0 Å². The molecule has 1 aromatic rings. The van der Waals surface area contributed by atoms with E-state index in [1.165, 1.54) is 25.7 Å². The van der Waals surface area contributed by atoms with Crippen LogP contribution in [0.4, 0.5) is 0 Å². The zero-order chi connectivity index (χ0) is 20.0. The number of unbranched alkanes of at least 4 members (excludes halogenated alkanes) is 5. The van der Waals surface area contributed by atoms with Crippen molar-refractivity contribution in [3.8, 4) is 12.3 Å². The smallest absolute Gasteiger partial charge is 0.304 e. The third-order valence-corrected chi connectivity index (χ3v) is 4.94. The maximum absolute atomic E-state index is 6.19. The van der Waals surface area contributed by atoms with Gasteiger partial charge < -0.3 is 14.2 Å². The minimum atomic E-state index is -1.27. The first-order valence-corrected chi connectivity index (χ1v) is 10.6. The fourth-order valence-electron chi connectivity index (χ4n) is 3.68. The van der Waals surface area contributed by atoms with Crippen LogP contribution in [0.3, 0.4) is 0 Å². The molecule has 0 N–H and O–H groups in total. The molecule has 3 heteroatoms. The van der Waals surface area contributed by atoms with Crippen molar-refractivity contribution in [3.05, 3.63) is 35.9 Å². The van der Waals surface area contributed by atoms with E-state index in [2.05, 4.69) is 25.0 Å². The van der Waals surface area contributed by atoms with Crippen molar-refractivity contribution in [2.24, 2.45) is 0 Å². The summed E-state index contributed by atoms with van der Waals surface area (Å²) in [6, 6.07) is 10.1. The van der Waals surface area contributed by atoms with Gasteiger partial charge in [-0.15, -0.1) is 6.42 Å². The highest BCUT2D eigenvalue weighted by Gasteiger charge is 2.55. The van der Waals surface area contributed by atoms with Crippen molar-refractivity contribution < 1.29 is 14.2 Å². The quantitative estimate of drug-likeness (QED) is 0.212. The fourth-order valence-corrected chi connectivity index (χ4v) is 3.68. The highest BCUT2D eigenvalue weighted by molar-refractivity contribution is 5.37. The minimum absolute atomic E-state index is 0.465. The summed E-state index contributed by atoms with van der Waals surface area (Å²) in [5.41, 5.74) is 0.220. The predicted molar refractivity (Wildman–Crippen MR) is 113 cm³/mol. The molecule has 0 saturated carbocycles. The predicted octanol–water partition coefficient (Wildman–Crippen LogP) is 6.07. The first-order chi connectivity index (χ1) is 13.2. The van der Waals surface area contributed by atoms with Crippen LogP contribution in [0.25, 0.3) is 0 Å². The molecule has 27 heavy (non-hydrogen) atoms. The average molecular weight is 375 g/mol. The molecular formula is C24H38O3. The number of hydrogen-bond donors (Lipinski definition) is 0. The van der Waals surface area contributed by atoms with E-state index in [0.29, 0.717) is 19.8 Å². The third kappa shape index (κ3) is 6.07. The zero-order valence-electron chi connectivity index (χ0n) is 17.8. The number of benzene rings is 1. The lowest BCUT2D eigenvalue weighted by Crippen LogP contribution is -2.57. The van der Waals surface area contributed by atoms with Gasteiger partial charge in [-0.05, 0) is 32.8 Å². The minimum Gasteiger partial charge on any atom is -0.326 e. The first-order valence-electron chi connectivity index (χ1n) is 10.6. The Hall–Kier alpha value is -1.34. The molecule has 0 aromatic heterocycles. The molecule has 1 rings (SSSR count). The Bertz CT molecular complexity index is 517. The van der Waals surface area contributed by atoms with Crippen molar-refractivity contribution >= 4 is 0 Å².